The van der Waals surface area contributed by atoms with Crippen LogP contribution in [0.4, 0.5) is 11.4 Å². The Morgan fingerprint density at radius 1 is 0.828 bits per heavy atom. The molecule has 0 unspecified atom stereocenters. The number of hydrogen-bond donors (Lipinski definition) is 2. The first kappa shape index (κ1) is 21.4. The van der Waals surface area contributed by atoms with E-state index in [1.54, 1.807) is 0 Å². The minimum atomic E-state index is -0.0949. The normalized spacial score (nSPS) is 10.6. The predicted molar refractivity (Wildman–Crippen MR) is 121 cm³/mol. The zero-order valence-electron chi connectivity index (χ0n) is 16.0. The zero-order chi connectivity index (χ0) is 20.6. The fourth-order valence-corrected chi connectivity index (χ4v) is 5.03. The molecule has 2 amide bonds. The first-order chi connectivity index (χ1) is 14.0. The van der Waals surface area contributed by atoms with Crippen molar-refractivity contribution < 1.29 is 9.59 Å². The number of nitrogens with zero attached hydrogens (tertiary/aromatic N) is 2. The van der Waals surface area contributed by atoms with Crippen molar-refractivity contribution in [2.75, 3.05) is 22.1 Å². The first-order valence-electron chi connectivity index (χ1n) is 8.80. The van der Waals surface area contributed by atoms with E-state index in [0.29, 0.717) is 8.68 Å². The minimum absolute atomic E-state index is 0.0949. The van der Waals surface area contributed by atoms with Gasteiger partial charge in [-0.3, -0.25) is 9.59 Å². The van der Waals surface area contributed by atoms with E-state index in [1.807, 2.05) is 62.4 Å². The number of thioether (sulfide) groups is 2. The summed E-state index contributed by atoms with van der Waals surface area (Å²) in [7, 11) is 0. The highest BCUT2D eigenvalue weighted by Gasteiger charge is 2.11. The van der Waals surface area contributed by atoms with E-state index in [9.17, 15) is 9.59 Å². The Hall–Kier alpha value is -2.36. The molecule has 0 aliphatic heterocycles. The Balaban J connectivity index is 1.42. The number of nitrogens with one attached hydrogen (secondary N) is 2. The molecule has 9 heteroatoms. The molecule has 0 aliphatic rings. The van der Waals surface area contributed by atoms with Gasteiger partial charge in [-0.25, -0.2) is 0 Å². The molecule has 1 heterocycles. The molecule has 2 aromatic carbocycles. The highest BCUT2D eigenvalue weighted by molar-refractivity contribution is 8.03. The monoisotopic (exact) mass is 444 g/mol. The van der Waals surface area contributed by atoms with Crippen LogP contribution in [0.2, 0.25) is 0 Å². The van der Waals surface area contributed by atoms with Gasteiger partial charge in [0, 0.05) is 11.4 Å². The molecular formula is C20H20N4O2S3. The zero-order valence-corrected chi connectivity index (χ0v) is 18.4. The van der Waals surface area contributed by atoms with Gasteiger partial charge in [-0.15, -0.1) is 10.2 Å². The van der Waals surface area contributed by atoms with E-state index in [0.717, 1.165) is 22.5 Å². The SMILES string of the molecule is Cc1cccc(NC(=O)CSc2nnc(SCC(=O)Nc3cccc(C)c3)s2)c1. The second kappa shape index (κ2) is 10.4. The average molecular weight is 445 g/mol. The maximum Gasteiger partial charge on any atom is 0.234 e. The number of hydrogen-bond acceptors (Lipinski definition) is 7. The highest BCUT2D eigenvalue weighted by atomic mass is 32.2. The Kier molecular flexibility index (Phi) is 7.68. The van der Waals surface area contributed by atoms with Gasteiger partial charge in [-0.05, 0) is 49.2 Å². The van der Waals surface area contributed by atoms with Gasteiger partial charge in [0.2, 0.25) is 11.8 Å². The molecule has 0 atom stereocenters. The largest absolute Gasteiger partial charge is 0.325 e. The summed E-state index contributed by atoms with van der Waals surface area (Å²) in [6.45, 7) is 3.96. The standard InChI is InChI=1S/C20H20N4O2S3/c1-13-5-3-7-15(9-13)21-17(25)11-27-19-23-24-20(29-19)28-12-18(26)22-16-8-4-6-14(2)10-16/h3-10H,11-12H2,1-2H3,(H,21,25)(H,22,26). The van der Waals surface area contributed by atoms with Gasteiger partial charge in [0.05, 0.1) is 11.5 Å². The summed E-state index contributed by atoms with van der Waals surface area (Å²) in [6.07, 6.45) is 0. The molecule has 3 aromatic rings. The molecule has 0 bridgehead atoms. The minimum Gasteiger partial charge on any atom is -0.325 e. The second-order valence-corrected chi connectivity index (χ2v) is 9.67. The van der Waals surface area contributed by atoms with Gasteiger partial charge in [-0.1, -0.05) is 59.1 Å². The fourth-order valence-electron chi connectivity index (χ4n) is 2.41. The van der Waals surface area contributed by atoms with Crippen molar-refractivity contribution in [2.45, 2.75) is 22.5 Å². The third kappa shape index (κ3) is 7.19. The van der Waals surface area contributed by atoms with Crippen LogP contribution in [0.3, 0.4) is 0 Å². The molecule has 1 aromatic heterocycles. The van der Waals surface area contributed by atoms with Gasteiger partial charge in [0.1, 0.15) is 0 Å². The van der Waals surface area contributed by atoms with E-state index in [4.69, 9.17) is 0 Å². The molecular weight excluding hydrogens is 424 g/mol. The summed E-state index contributed by atoms with van der Waals surface area (Å²) in [5.41, 5.74) is 3.74. The summed E-state index contributed by atoms with van der Waals surface area (Å²) in [5.74, 6) is 0.312. The molecule has 6 nitrogen and oxygen atoms in total. The summed E-state index contributed by atoms with van der Waals surface area (Å²) in [5, 5.41) is 13.9. The van der Waals surface area contributed by atoms with Crippen molar-refractivity contribution in [1.29, 1.82) is 0 Å². The molecule has 0 radical (unpaired) electrons. The molecule has 0 saturated heterocycles. The number of aryl methyl sites for hydroxylation is 2. The topological polar surface area (TPSA) is 84.0 Å². The van der Waals surface area contributed by atoms with Gasteiger partial charge in [0.15, 0.2) is 8.68 Å². The summed E-state index contributed by atoms with van der Waals surface area (Å²) < 4.78 is 1.40. The van der Waals surface area contributed by atoms with Crippen molar-refractivity contribution in [2.24, 2.45) is 0 Å². The molecule has 0 spiro atoms. The van der Waals surface area contributed by atoms with E-state index in [2.05, 4.69) is 20.8 Å². The van der Waals surface area contributed by atoms with Crippen LogP contribution in [0.25, 0.3) is 0 Å². The first-order valence-corrected chi connectivity index (χ1v) is 11.6. The quantitative estimate of drug-likeness (QED) is 0.494. The summed E-state index contributed by atoms with van der Waals surface area (Å²) in [4.78, 5) is 24.2. The lowest BCUT2D eigenvalue weighted by atomic mass is 10.2. The maximum atomic E-state index is 12.1. The van der Waals surface area contributed by atoms with Crippen LogP contribution in [0.15, 0.2) is 57.2 Å². The van der Waals surface area contributed by atoms with Crippen LogP contribution >= 0.6 is 34.9 Å². The second-order valence-electron chi connectivity index (χ2n) is 6.25. The van der Waals surface area contributed by atoms with E-state index < -0.39 is 0 Å². The smallest absolute Gasteiger partial charge is 0.234 e. The Morgan fingerprint density at radius 2 is 1.28 bits per heavy atom. The van der Waals surface area contributed by atoms with Crippen LogP contribution in [0.1, 0.15) is 11.1 Å². The molecule has 150 valence electrons. The lowest BCUT2D eigenvalue weighted by Crippen LogP contribution is -2.13. The van der Waals surface area contributed by atoms with Crippen molar-refractivity contribution in [3.8, 4) is 0 Å². The predicted octanol–water partition coefficient (Wildman–Crippen LogP) is 4.62. The van der Waals surface area contributed by atoms with Gasteiger partial charge in [-0.2, -0.15) is 0 Å². The number of aromatic nitrogens is 2. The Morgan fingerprint density at radius 3 is 1.69 bits per heavy atom. The van der Waals surface area contributed by atoms with Crippen molar-refractivity contribution in [3.05, 3.63) is 59.7 Å². The molecule has 3 rings (SSSR count). The number of rotatable bonds is 8. The molecule has 0 saturated carbocycles. The third-order valence-corrected chi connectivity index (χ3v) is 6.83. The summed E-state index contributed by atoms with van der Waals surface area (Å²) in [6, 6.07) is 15.3. The molecule has 0 aliphatic carbocycles. The van der Waals surface area contributed by atoms with E-state index in [-0.39, 0.29) is 23.3 Å². The number of anilines is 2. The van der Waals surface area contributed by atoms with Gasteiger partial charge < -0.3 is 10.6 Å². The third-order valence-electron chi connectivity index (χ3n) is 3.65. The summed E-state index contributed by atoms with van der Waals surface area (Å²) >= 11 is 4.04. The molecule has 2 N–H and O–H groups in total. The van der Waals surface area contributed by atoms with Crippen LogP contribution < -0.4 is 10.6 Å². The lowest BCUT2D eigenvalue weighted by Gasteiger charge is -2.04. The number of carbonyl (C=O) groups excluding carboxylic acids is 2. The van der Waals surface area contributed by atoms with Gasteiger partial charge in [0.25, 0.3) is 0 Å². The van der Waals surface area contributed by atoms with Crippen LogP contribution in [0.5, 0.6) is 0 Å². The van der Waals surface area contributed by atoms with Crippen molar-refractivity contribution >= 4 is 58.0 Å². The average Bonchev–Trinajstić information content (AvgIpc) is 3.13. The Bertz CT molecular complexity index is 929. The van der Waals surface area contributed by atoms with Crippen LogP contribution in [-0.2, 0) is 9.59 Å². The van der Waals surface area contributed by atoms with Crippen molar-refractivity contribution in [1.82, 2.24) is 10.2 Å². The van der Waals surface area contributed by atoms with E-state index in [1.165, 1.54) is 34.9 Å². The van der Waals surface area contributed by atoms with Crippen LogP contribution in [-0.4, -0.2) is 33.5 Å². The maximum absolute atomic E-state index is 12.1. The molecule has 29 heavy (non-hydrogen) atoms. The number of benzene rings is 2. The lowest BCUT2D eigenvalue weighted by molar-refractivity contribution is -0.114. The highest BCUT2D eigenvalue weighted by Crippen LogP contribution is 2.29. The van der Waals surface area contributed by atoms with E-state index >= 15 is 0 Å². The van der Waals surface area contributed by atoms with Gasteiger partial charge >= 0.3 is 0 Å². The van der Waals surface area contributed by atoms with Crippen LogP contribution in [0, 0.1) is 13.8 Å². The fraction of sp³-hybridized carbons (Fsp3) is 0.200. The number of amides is 2. The van der Waals surface area contributed by atoms with Crippen molar-refractivity contribution in [3.63, 3.8) is 0 Å². The Labute approximate surface area is 181 Å². The molecule has 0 fully saturated rings. The number of carbonyl (C=O) groups is 2.